The molecule has 0 unspecified atom stereocenters. The third-order valence-corrected chi connectivity index (χ3v) is 3.01. The van der Waals surface area contributed by atoms with Gasteiger partial charge in [-0.1, -0.05) is 11.2 Å². The Bertz CT molecular complexity index is 902. The number of nitriles is 1. The highest BCUT2D eigenvalue weighted by Gasteiger charge is 2.11. The van der Waals surface area contributed by atoms with E-state index in [4.69, 9.17) is 9.78 Å². The third kappa shape index (κ3) is 2.44. The van der Waals surface area contributed by atoms with Gasteiger partial charge in [-0.15, -0.1) is 0 Å². The Morgan fingerprint density at radius 2 is 2.10 bits per heavy atom. The molecule has 0 spiro atoms. The van der Waals surface area contributed by atoms with Gasteiger partial charge < -0.3 is 9.09 Å². The normalized spacial score (nSPS) is 10.3. The summed E-state index contributed by atoms with van der Waals surface area (Å²) in [7, 11) is 1.66. The molecular formula is C15H10N4O2. The predicted octanol–water partition coefficient (Wildman–Crippen LogP) is 1.97. The summed E-state index contributed by atoms with van der Waals surface area (Å²) in [6.07, 6.45) is 1.64. The molecular weight excluding hydrogens is 268 g/mol. The molecule has 3 aromatic rings. The topological polar surface area (TPSA) is 84.7 Å². The third-order valence-electron chi connectivity index (χ3n) is 3.01. The minimum atomic E-state index is -0.107. The monoisotopic (exact) mass is 278 g/mol. The van der Waals surface area contributed by atoms with Crippen LogP contribution in [0.4, 0.5) is 0 Å². The van der Waals surface area contributed by atoms with Crippen LogP contribution in [0.5, 0.6) is 0 Å². The number of rotatable bonds is 2. The van der Waals surface area contributed by atoms with Crippen molar-refractivity contribution in [3.8, 4) is 28.9 Å². The van der Waals surface area contributed by atoms with Crippen molar-refractivity contribution in [3.05, 3.63) is 58.5 Å². The lowest BCUT2D eigenvalue weighted by molar-refractivity contribution is 0.432. The van der Waals surface area contributed by atoms with Gasteiger partial charge in [-0.2, -0.15) is 10.2 Å². The lowest BCUT2D eigenvalue weighted by Crippen LogP contribution is -2.14. The van der Waals surface area contributed by atoms with Crippen LogP contribution in [0.1, 0.15) is 5.56 Å². The van der Waals surface area contributed by atoms with Gasteiger partial charge in [0.1, 0.15) is 0 Å². The molecule has 102 valence electrons. The maximum absolute atomic E-state index is 11.4. The Morgan fingerprint density at radius 1 is 1.24 bits per heavy atom. The molecule has 0 radical (unpaired) electrons. The van der Waals surface area contributed by atoms with E-state index in [1.54, 1.807) is 43.6 Å². The molecule has 21 heavy (non-hydrogen) atoms. The van der Waals surface area contributed by atoms with Crippen LogP contribution < -0.4 is 5.56 Å². The van der Waals surface area contributed by atoms with Crippen molar-refractivity contribution in [2.24, 2.45) is 7.05 Å². The quantitative estimate of drug-likeness (QED) is 0.715. The molecule has 0 N–H and O–H groups in total. The first-order valence-electron chi connectivity index (χ1n) is 6.18. The Labute approximate surface area is 119 Å². The molecule has 0 fully saturated rings. The van der Waals surface area contributed by atoms with Gasteiger partial charge in [0.15, 0.2) is 0 Å². The van der Waals surface area contributed by atoms with Gasteiger partial charge in [0.05, 0.1) is 11.6 Å². The molecule has 2 aromatic heterocycles. The van der Waals surface area contributed by atoms with E-state index < -0.39 is 0 Å². The van der Waals surface area contributed by atoms with Crippen LogP contribution in [0.15, 0.2) is 51.9 Å². The van der Waals surface area contributed by atoms with Crippen molar-refractivity contribution >= 4 is 0 Å². The van der Waals surface area contributed by atoms with E-state index >= 15 is 0 Å². The second-order valence-electron chi connectivity index (χ2n) is 4.48. The summed E-state index contributed by atoms with van der Waals surface area (Å²) >= 11 is 0. The van der Waals surface area contributed by atoms with Crippen molar-refractivity contribution in [1.29, 1.82) is 5.26 Å². The molecule has 6 nitrogen and oxygen atoms in total. The molecule has 0 aliphatic heterocycles. The summed E-state index contributed by atoms with van der Waals surface area (Å²) in [6, 6.07) is 12.1. The number of benzene rings is 1. The number of hydrogen-bond donors (Lipinski definition) is 0. The highest BCUT2D eigenvalue weighted by Crippen LogP contribution is 2.22. The van der Waals surface area contributed by atoms with Crippen LogP contribution in [-0.4, -0.2) is 14.7 Å². The van der Waals surface area contributed by atoms with E-state index in [2.05, 4.69) is 16.2 Å². The molecule has 0 bridgehead atoms. The van der Waals surface area contributed by atoms with Crippen molar-refractivity contribution in [2.75, 3.05) is 0 Å². The van der Waals surface area contributed by atoms with Crippen molar-refractivity contribution in [1.82, 2.24) is 14.7 Å². The molecule has 0 saturated heterocycles. The summed E-state index contributed by atoms with van der Waals surface area (Å²) in [5.74, 6) is 0.721. The maximum atomic E-state index is 11.4. The zero-order chi connectivity index (χ0) is 14.8. The van der Waals surface area contributed by atoms with E-state index in [1.807, 2.05) is 0 Å². The minimum absolute atomic E-state index is 0.107. The minimum Gasteiger partial charge on any atom is -0.334 e. The van der Waals surface area contributed by atoms with Gasteiger partial charge in [-0.25, -0.2) is 0 Å². The SMILES string of the molecule is Cn1cc(-c2noc(-c3cccc(C#N)c3)n2)ccc1=O. The summed E-state index contributed by atoms with van der Waals surface area (Å²) < 4.78 is 6.66. The molecule has 0 amide bonds. The van der Waals surface area contributed by atoms with E-state index in [-0.39, 0.29) is 5.56 Å². The first-order valence-corrected chi connectivity index (χ1v) is 6.18. The Morgan fingerprint density at radius 3 is 2.86 bits per heavy atom. The number of nitrogens with zero attached hydrogens (tertiary/aromatic N) is 4. The number of aryl methyl sites for hydroxylation is 1. The molecule has 0 saturated carbocycles. The molecule has 0 aliphatic carbocycles. The fourth-order valence-corrected chi connectivity index (χ4v) is 1.91. The fourth-order valence-electron chi connectivity index (χ4n) is 1.91. The average molecular weight is 278 g/mol. The molecule has 2 heterocycles. The van der Waals surface area contributed by atoms with Gasteiger partial charge in [-0.3, -0.25) is 4.79 Å². The van der Waals surface area contributed by atoms with Crippen LogP contribution in [0.3, 0.4) is 0 Å². The van der Waals surface area contributed by atoms with Crippen molar-refractivity contribution < 1.29 is 4.52 Å². The summed E-state index contributed by atoms with van der Waals surface area (Å²) in [6.45, 7) is 0. The first kappa shape index (κ1) is 12.8. The highest BCUT2D eigenvalue weighted by atomic mass is 16.5. The standard InChI is InChI=1S/C15H10N4O2/c1-19-9-12(5-6-13(19)20)14-17-15(21-18-14)11-4-2-3-10(7-11)8-16/h2-7,9H,1H3. The van der Waals surface area contributed by atoms with Gasteiger partial charge in [0, 0.05) is 30.4 Å². The lowest BCUT2D eigenvalue weighted by Gasteiger charge is -1.98. The Kier molecular flexibility index (Phi) is 3.09. The fraction of sp³-hybridized carbons (Fsp3) is 0.0667. The lowest BCUT2D eigenvalue weighted by atomic mass is 10.1. The van der Waals surface area contributed by atoms with E-state index in [0.29, 0.717) is 28.4 Å². The molecule has 3 rings (SSSR count). The van der Waals surface area contributed by atoms with Crippen LogP contribution in [0.2, 0.25) is 0 Å². The molecule has 6 heteroatoms. The number of hydrogen-bond acceptors (Lipinski definition) is 5. The Balaban J connectivity index is 2.01. The molecule has 0 atom stereocenters. The van der Waals surface area contributed by atoms with E-state index in [1.165, 1.54) is 10.6 Å². The van der Waals surface area contributed by atoms with Crippen molar-refractivity contribution in [3.63, 3.8) is 0 Å². The van der Waals surface area contributed by atoms with Gasteiger partial charge in [0.25, 0.3) is 5.89 Å². The van der Waals surface area contributed by atoms with Gasteiger partial charge in [0.2, 0.25) is 11.4 Å². The first-order chi connectivity index (χ1) is 10.2. The Hall–Kier alpha value is -3.20. The second kappa shape index (κ2) is 5.06. The van der Waals surface area contributed by atoms with Gasteiger partial charge >= 0.3 is 0 Å². The second-order valence-corrected chi connectivity index (χ2v) is 4.48. The zero-order valence-corrected chi connectivity index (χ0v) is 11.1. The number of aromatic nitrogens is 3. The predicted molar refractivity (Wildman–Crippen MR) is 75.1 cm³/mol. The summed E-state index contributed by atoms with van der Waals surface area (Å²) in [5.41, 5.74) is 1.78. The summed E-state index contributed by atoms with van der Waals surface area (Å²) in [5, 5.41) is 12.8. The average Bonchev–Trinajstić information content (AvgIpc) is 3.00. The number of pyridine rings is 1. The van der Waals surface area contributed by atoms with Crippen LogP contribution in [-0.2, 0) is 7.05 Å². The van der Waals surface area contributed by atoms with Crippen LogP contribution >= 0.6 is 0 Å². The van der Waals surface area contributed by atoms with Crippen LogP contribution in [0, 0.1) is 11.3 Å². The van der Waals surface area contributed by atoms with Gasteiger partial charge in [-0.05, 0) is 24.3 Å². The highest BCUT2D eigenvalue weighted by molar-refractivity contribution is 5.60. The van der Waals surface area contributed by atoms with Crippen LogP contribution in [0.25, 0.3) is 22.8 Å². The summed E-state index contributed by atoms with van der Waals surface area (Å²) in [4.78, 5) is 15.7. The molecule has 0 aliphatic rings. The smallest absolute Gasteiger partial charge is 0.258 e. The molecule has 1 aromatic carbocycles. The maximum Gasteiger partial charge on any atom is 0.258 e. The van der Waals surface area contributed by atoms with E-state index in [0.717, 1.165) is 0 Å². The van der Waals surface area contributed by atoms with E-state index in [9.17, 15) is 4.79 Å². The van der Waals surface area contributed by atoms with Crippen molar-refractivity contribution in [2.45, 2.75) is 0 Å². The zero-order valence-electron chi connectivity index (χ0n) is 11.1. The largest absolute Gasteiger partial charge is 0.334 e.